The highest BCUT2D eigenvalue weighted by atomic mass is 32.2. The number of benzene rings is 2. The number of nitrogens with zero attached hydrogens (tertiary/aromatic N) is 1. The molecular weight excluding hydrogens is 446 g/mol. The summed E-state index contributed by atoms with van der Waals surface area (Å²) < 4.78 is 31.7. The molecule has 10 heteroatoms. The number of unbranched alkanes of at least 4 members (excludes halogenated alkanes) is 1. The van der Waals surface area contributed by atoms with E-state index in [-0.39, 0.29) is 11.4 Å². The van der Waals surface area contributed by atoms with Gasteiger partial charge >= 0.3 is 0 Å². The predicted octanol–water partition coefficient (Wildman–Crippen LogP) is 2.36. The Morgan fingerprint density at radius 3 is 2.24 bits per heavy atom. The van der Waals surface area contributed by atoms with Gasteiger partial charge in [-0.3, -0.25) is 19.7 Å². The standard InChI is InChI=1S/C23H31N3O6S/c1-4-5-15-26(3)16-21(27)24-23(2,22(28)25-29)17-33(30,31)20-13-11-19(12-14-20)32-18-9-7-6-8-10-18/h6-14,29H,4-5,15-17H2,1-3H3,(H,24,27)(H,25,28). The van der Waals surface area contributed by atoms with Gasteiger partial charge in [0.2, 0.25) is 5.91 Å². The number of sulfone groups is 1. The van der Waals surface area contributed by atoms with Crippen LogP contribution in [0.2, 0.25) is 0 Å². The van der Waals surface area contributed by atoms with Crippen molar-refractivity contribution in [3.8, 4) is 11.5 Å². The highest BCUT2D eigenvalue weighted by Gasteiger charge is 2.40. The van der Waals surface area contributed by atoms with Crippen LogP contribution in [0, 0.1) is 0 Å². The van der Waals surface area contributed by atoms with Crippen LogP contribution in [0.5, 0.6) is 11.5 Å². The van der Waals surface area contributed by atoms with Crippen LogP contribution in [0.15, 0.2) is 59.5 Å². The van der Waals surface area contributed by atoms with Gasteiger partial charge in [0.1, 0.15) is 17.0 Å². The minimum atomic E-state index is -4.01. The Hall–Kier alpha value is -2.95. The van der Waals surface area contributed by atoms with E-state index >= 15 is 0 Å². The van der Waals surface area contributed by atoms with Crippen LogP contribution in [-0.4, -0.2) is 61.8 Å². The maximum absolute atomic E-state index is 13.0. The third kappa shape index (κ3) is 7.85. The minimum absolute atomic E-state index is 0.0140. The molecule has 2 aromatic rings. The predicted molar refractivity (Wildman–Crippen MR) is 124 cm³/mol. The molecule has 0 aliphatic rings. The summed E-state index contributed by atoms with van der Waals surface area (Å²) in [4.78, 5) is 26.5. The Morgan fingerprint density at radius 1 is 1.06 bits per heavy atom. The number of ether oxygens (including phenoxy) is 1. The third-order valence-electron chi connectivity index (χ3n) is 4.97. The molecule has 180 valence electrons. The molecule has 9 nitrogen and oxygen atoms in total. The summed E-state index contributed by atoms with van der Waals surface area (Å²) in [5, 5.41) is 11.6. The molecule has 0 aromatic heterocycles. The smallest absolute Gasteiger partial charge is 0.269 e. The van der Waals surface area contributed by atoms with Gasteiger partial charge in [-0.2, -0.15) is 0 Å². The second-order valence-corrected chi connectivity index (χ2v) is 10.0. The van der Waals surface area contributed by atoms with Gasteiger partial charge in [-0.05, 0) is 63.3 Å². The zero-order chi connectivity index (χ0) is 24.5. The number of hydrogen-bond donors (Lipinski definition) is 3. The molecule has 0 heterocycles. The van der Waals surface area contributed by atoms with Crippen LogP contribution in [0.3, 0.4) is 0 Å². The zero-order valence-electron chi connectivity index (χ0n) is 19.1. The van der Waals surface area contributed by atoms with Crippen molar-refractivity contribution in [1.82, 2.24) is 15.7 Å². The number of rotatable bonds is 12. The van der Waals surface area contributed by atoms with Crippen molar-refractivity contribution in [3.05, 3.63) is 54.6 Å². The van der Waals surface area contributed by atoms with E-state index in [4.69, 9.17) is 9.94 Å². The first-order chi connectivity index (χ1) is 15.6. The van der Waals surface area contributed by atoms with Crippen molar-refractivity contribution < 1.29 is 28.0 Å². The first-order valence-electron chi connectivity index (χ1n) is 10.6. The summed E-state index contributed by atoms with van der Waals surface area (Å²) >= 11 is 0. The SMILES string of the molecule is CCCCN(C)CC(=O)NC(C)(CS(=O)(=O)c1ccc(Oc2ccccc2)cc1)C(=O)NO. The van der Waals surface area contributed by atoms with Crippen LogP contribution < -0.4 is 15.5 Å². The molecule has 1 atom stereocenters. The van der Waals surface area contributed by atoms with Gasteiger partial charge in [0.25, 0.3) is 5.91 Å². The quantitative estimate of drug-likeness (QED) is 0.317. The Bertz CT molecular complexity index is 1030. The van der Waals surface area contributed by atoms with Crippen molar-refractivity contribution >= 4 is 21.7 Å². The fourth-order valence-corrected chi connectivity index (χ4v) is 4.87. The molecule has 0 aliphatic carbocycles. The topological polar surface area (TPSA) is 125 Å². The molecular formula is C23H31N3O6S. The molecule has 0 saturated heterocycles. The fourth-order valence-electron chi connectivity index (χ4n) is 3.18. The number of nitrogens with one attached hydrogen (secondary N) is 2. The second-order valence-electron chi connectivity index (χ2n) is 8.06. The van der Waals surface area contributed by atoms with Crippen LogP contribution in [0.4, 0.5) is 0 Å². The van der Waals surface area contributed by atoms with Gasteiger partial charge in [0.15, 0.2) is 9.84 Å². The number of amides is 2. The van der Waals surface area contributed by atoms with Crippen molar-refractivity contribution in [2.24, 2.45) is 0 Å². The molecule has 33 heavy (non-hydrogen) atoms. The summed E-state index contributed by atoms with van der Waals surface area (Å²) in [7, 11) is -2.25. The molecule has 2 rings (SSSR count). The number of likely N-dealkylation sites (N-methyl/N-ethyl adjacent to an activating group) is 1. The van der Waals surface area contributed by atoms with Gasteiger partial charge in [-0.25, -0.2) is 13.9 Å². The summed E-state index contributed by atoms with van der Waals surface area (Å²) in [5.74, 6) is -1.25. The molecule has 2 amide bonds. The Morgan fingerprint density at radius 2 is 1.67 bits per heavy atom. The van der Waals surface area contributed by atoms with Crippen LogP contribution in [-0.2, 0) is 19.4 Å². The van der Waals surface area contributed by atoms with Crippen LogP contribution in [0.25, 0.3) is 0 Å². The Labute approximate surface area is 194 Å². The van der Waals surface area contributed by atoms with E-state index in [1.54, 1.807) is 24.1 Å². The summed E-state index contributed by atoms with van der Waals surface area (Å²) in [5.41, 5.74) is -0.422. The van der Waals surface area contributed by atoms with Gasteiger partial charge in [-0.1, -0.05) is 31.5 Å². The van der Waals surface area contributed by atoms with E-state index in [0.717, 1.165) is 12.8 Å². The van der Waals surface area contributed by atoms with Gasteiger partial charge in [0, 0.05) is 0 Å². The summed E-state index contributed by atoms with van der Waals surface area (Å²) in [6.07, 6.45) is 1.86. The zero-order valence-corrected chi connectivity index (χ0v) is 19.9. The average molecular weight is 478 g/mol. The molecule has 0 fully saturated rings. The van der Waals surface area contributed by atoms with E-state index in [1.165, 1.54) is 36.7 Å². The molecule has 0 radical (unpaired) electrons. The van der Waals surface area contributed by atoms with E-state index < -0.39 is 32.9 Å². The number of hydrogen-bond acceptors (Lipinski definition) is 7. The molecule has 0 aliphatic heterocycles. The summed E-state index contributed by atoms with van der Waals surface area (Å²) in [6, 6.07) is 14.8. The molecule has 2 aromatic carbocycles. The van der Waals surface area contributed by atoms with E-state index in [9.17, 15) is 18.0 Å². The highest BCUT2D eigenvalue weighted by molar-refractivity contribution is 7.91. The highest BCUT2D eigenvalue weighted by Crippen LogP contribution is 2.24. The lowest BCUT2D eigenvalue weighted by molar-refractivity contribution is -0.138. The normalized spacial score (nSPS) is 13.2. The lowest BCUT2D eigenvalue weighted by Gasteiger charge is -2.29. The molecule has 0 bridgehead atoms. The molecule has 3 N–H and O–H groups in total. The minimum Gasteiger partial charge on any atom is -0.457 e. The summed E-state index contributed by atoms with van der Waals surface area (Å²) in [6.45, 7) is 3.96. The molecule has 0 saturated carbocycles. The fraction of sp³-hybridized carbons (Fsp3) is 0.391. The molecule has 1 unspecified atom stereocenters. The largest absolute Gasteiger partial charge is 0.457 e. The number of hydroxylamine groups is 1. The maximum Gasteiger partial charge on any atom is 0.269 e. The van der Waals surface area contributed by atoms with Crippen molar-refractivity contribution in [2.75, 3.05) is 25.9 Å². The van der Waals surface area contributed by atoms with Crippen LogP contribution in [0.1, 0.15) is 26.7 Å². The van der Waals surface area contributed by atoms with Crippen molar-refractivity contribution in [1.29, 1.82) is 0 Å². The first kappa shape index (κ1) is 26.3. The van der Waals surface area contributed by atoms with E-state index in [2.05, 4.69) is 5.32 Å². The molecule has 0 spiro atoms. The Kier molecular flexibility index (Phi) is 9.39. The number of carbonyl (C=O) groups excluding carboxylic acids is 2. The monoisotopic (exact) mass is 477 g/mol. The average Bonchev–Trinajstić information content (AvgIpc) is 2.77. The Balaban J connectivity index is 2.14. The second kappa shape index (κ2) is 11.8. The van der Waals surface area contributed by atoms with E-state index in [0.29, 0.717) is 18.0 Å². The van der Waals surface area contributed by atoms with Crippen molar-refractivity contribution in [3.63, 3.8) is 0 Å². The van der Waals surface area contributed by atoms with Gasteiger partial charge < -0.3 is 10.1 Å². The lowest BCUT2D eigenvalue weighted by atomic mass is 10.0. The van der Waals surface area contributed by atoms with Crippen molar-refractivity contribution in [2.45, 2.75) is 37.1 Å². The van der Waals surface area contributed by atoms with E-state index in [1.807, 2.05) is 25.1 Å². The number of carbonyl (C=O) groups is 2. The van der Waals surface area contributed by atoms with Gasteiger partial charge in [0.05, 0.1) is 17.2 Å². The lowest BCUT2D eigenvalue weighted by Crippen LogP contribution is -2.61. The maximum atomic E-state index is 13.0. The van der Waals surface area contributed by atoms with Gasteiger partial charge in [-0.15, -0.1) is 0 Å². The van der Waals surface area contributed by atoms with Crippen LogP contribution >= 0.6 is 0 Å². The third-order valence-corrected chi connectivity index (χ3v) is 6.91. The first-order valence-corrected chi connectivity index (χ1v) is 12.2. The number of para-hydroxylation sites is 1.